The zero-order valence-electron chi connectivity index (χ0n) is 18.9. The fourth-order valence-electron chi connectivity index (χ4n) is 5.06. The van der Waals surface area contributed by atoms with Crippen LogP contribution in [0.2, 0.25) is 0 Å². The third kappa shape index (κ3) is 5.39. The van der Waals surface area contributed by atoms with E-state index in [0.29, 0.717) is 6.42 Å². The Morgan fingerprint density at radius 1 is 0.971 bits per heavy atom. The average molecular weight is 467 g/mol. The molecule has 3 atom stereocenters. The first-order valence-electron chi connectivity index (χ1n) is 11.7. The van der Waals surface area contributed by atoms with Gasteiger partial charge in [-0.25, -0.2) is 4.79 Å². The summed E-state index contributed by atoms with van der Waals surface area (Å²) in [5, 5.41) is 24.5. The normalized spacial score (nSPS) is 19.7. The van der Waals surface area contributed by atoms with Gasteiger partial charge < -0.3 is 25.6 Å². The maximum absolute atomic E-state index is 12.2. The highest BCUT2D eigenvalue weighted by molar-refractivity contribution is 5.79. The third-order valence-electron chi connectivity index (χ3n) is 6.78. The van der Waals surface area contributed by atoms with Gasteiger partial charge in [0, 0.05) is 19.0 Å². The number of nitrogens with one attached hydrogen (secondary N) is 2. The molecule has 2 aromatic carbocycles. The number of hydrogen-bond acceptors (Lipinski definition) is 5. The monoisotopic (exact) mass is 466 g/mol. The van der Waals surface area contributed by atoms with Crippen molar-refractivity contribution in [2.75, 3.05) is 19.7 Å². The molecule has 0 bridgehead atoms. The van der Waals surface area contributed by atoms with E-state index >= 15 is 0 Å². The first-order valence-corrected chi connectivity index (χ1v) is 11.7. The van der Waals surface area contributed by atoms with E-state index in [4.69, 9.17) is 4.74 Å². The predicted octanol–water partition coefficient (Wildman–Crippen LogP) is 2.89. The summed E-state index contributed by atoms with van der Waals surface area (Å²) in [5.74, 6) is -1.78. The summed E-state index contributed by atoms with van der Waals surface area (Å²) in [6.45, 7) is 0.330. The minimum atomic E-state index is -1.07. The number of aliphatic hydroxyl groups excluding tert-OH is 1. The Morgan fingerprint density at radius 3 is 2.26 bits per heavy atom. The topological polar surface area (TPSA) is 125 Å². The Balaban J connectivity index is 1.19. The van der Waals surface area contributed by atoms with Crippen LogP contribution in [0.1, 0.15) is 42.7 Å². The number of carbonyl (C=O) groups is 3. The van der Waals surface area contributed by atoms with E-state index in [1.165, 1.54) is 0 Å². The van der Waals surface area contributed by atoms with E-state index in [2.05, 4.69) is 22.8 Å². The first kappa shape index (κ1) is 23.8. The second kappa shape index (κ2) is 10.7. The summed E-state index contributed by atoms with van der Waals surface area (Å²) < 4.78 is 5.43. The number of ether oxygens (including phenoxy) is 1. The Labute approximate surface area is 198 Å². The zero-order valence-corrected chi connectivity index (χ0v) is 18.9. The Bertz CT molecular complexity index is 1010. The van der Waals surface area contributed by atoms with Crippen molar-refractivity contribution in [3.05, 3.63) is 59.7 Å². The maximum Gasteiger partial charge on any atom is 0.407 e. The molecule has 2 aromatic rings. The smallest absolute Gasteiger partial charge is 0.407 e. The molecule has 180 valence electrons. The van der Waals surface area contributed by atoms with Gasteiger partial charge in [-0.2, -0.15) is 0 Å². The third-order valence-corrected chi connectivity index (χ3v) is 6.78. The number of amides is 2. The summed E-state index contributed by atoms with van der Waals surface area (Å²) in [6.07, 6.45) is 0.320. The molecule has 4 N–H and O–H groups in total. The second-order valence-corrected chi connectivity index (χ2v) is 9.00. The van der Waals surface area contributed by atoms with Gasteiger partial charge >= 0.3 is 12.1 Å². The summed E-state index contributed by atoms with van der Waals surface area (Å²) in [5.41, 5.74) is 4.50. The molecule has 0 radical (unpaired) electrons. The van der Waals surface area contributed by atoms with E-state index in [-0.39, 0.29) is 43.9 Å². The number of carboxylic acids is 1. The Morgan fingerprint density at radius 2 is 1.62 bits per heavy atom. The molecule has 4 rings (SSSR count). The number of aliphatic carboxylic acids is 1. The highest BCUT2D eigenvalue weighted by Gasteiger charge is 2.33. The largest absolute Gasteiger partial charge is 0.481 e. The van der Waals surface area contributed by atoms with E-state index in [9.17, 15) is 24.6 Å². The molecular formula is C26H30N2O6. The van der Waals surface area contributed by atoms with Crippen molar-refractivity contribution in [3.63, 3.8) is 0 Å². The Hall–Kier alpha value is -3.39. The molecule has 0 spiro atoms. The summed E-state index contributed by atoms with van der Waals surface area (Å²) in [7, 11) is 0. The fourth-order valence-corrected chi connectivity index (χ4v) is 5.06. The number of benzene rings is 2. The molecule has 0 saturated heterocycles. The highest BCUT2D eigenvalue weighted by atomic mass is 16.5. The van der Waals surface area contributed by atoms with Crippen molar-refractivity contribution in [3.8, 4) is 11.1 Å². The molecule has 0 heterocycles. The summed E-state index contributed by atoms with van der Waals surface area (Å²) in [6, 6.07) is 16.1. The number of rotatable bonds is 9. The van der Waals surface area contributed by atoms with E-state index in [0.717, 1.165) is 35.1 Å². The number of fused-ring (bicyclic) bond motifs is 3. The van der Waals surface area contributed by atoms with Crippen LogP contribution in [0.25, 0.3) is 11.1 Å². The van der Waals surface area contributed by atoms with Gasteiger partial charge in [-0.1, -0.05) is 55.0 Å². The number of aliphatic hydroxyl groups is 1. The van der Waals surface area contributed by atoms with Gasteiger partial charge in [-0.3, -0.25) is 9.59 Å². The molecule has 2 amide bonds. The molecule has 2 aliphatic rings. The second-order valence-electron chi connectivity index (χ2n) is 9.00. The lowest BCUT2D eigenvalue weighted by Crippen LogP contribution is -2.38. The van der Waals surface area contributed by atoms with Crippen LogP contribution in [-0.4, -0.2) is 54.0 Å². The van der Waals surface area contributed by atoms with Crippen LogP contribution in [0.5, 0.6) is 0 Å². The predicted molar refractivity (Wildman–Crippen MR) is 125 cm³/mol. The van der Waals surface area contributed by atoms with Crippen LogP contribution < -0.4 is 10.6 Å². The quantitative estimate of drug-likeness (QED) is 0.450. The molecular weight excluding hydrogens is 436 g/mol. The number of alkyl carbamates (subject to hydrolysis) is 1. The van der Waals surface area contributed by atoms with Crippen LogP contribution in [-0.2, 0) is 14.3 Å². The minimum Gasteiger partial charge on any atom is -0.481 e. The van der Waals surface area contributed by atoms with Crippen molar-refractivity contribution in [2.45, 2.75) is 37.7 Å². The fraction of sp³-hybridized carbons (Fsp3) is 0.423. The van der Waals surface area contributed by atoms with Crippen molar-refractivity contribution >= 4 is 18.0 Å². The lowest BCUT2D eigenvalue weighted by molar-refractivity contribution is -0.143. The van der Waals surface area contributed by atoms with Crippen LogP contribution in [0.4, 0.5) is 4.79 Å². The van der Waals surface area contributed by atoms with Gasteiger partial charge in [-0.15, -0.1) is 0 Å². The van der Waals surface area contributed by atoms with Crippen molar-refractivity contribution in [1.82, 2.24) is 10.6 Å². The van der Waals surface area contributed by atoms with Crippen molar-refractivity contribution < 1.29 is 29.3 Å². The van der Waals surface area contributed by atoms with E-state index in [1.807, 2.05) is 36.4 Å². The van der Waals surface area contributed by atoms with Gasteiger partial charge in [0.15, 0.2) is 0 Å². The van der Waals surface area contributed by atoms with Gasteiger partial charge in [0.1, 0.15) is 6.61 Å². The van der Waals surface area contributed by atoms with Gasteiger partial charge in [-0.05, 0) is 41.0 Å². The molecule has 2 aliphatic carbocycles. The van der Waals surface area contributed by atoms with E-state index < -0.39 is 24.1 Å². The molecule has 0 aliphatic heterocycles. The standard InChI is InChI=1S/C26H30N2O6/c29-17(12-24(30)27-13-16-6-5-11-18(16)25(31)32)14-28-26(33)34-15-23-21-9-3-1-7-19(21)20-8-2-4-10-22(20)23/h1-4,7-10,16-18,23,29H,5-6,11-15H2,(H,27,30)(H,28,33)(H,31,32)/t16-,17?,18-/m1/s1. The molecule has 1 fully saturated rings. The van der Waals surface area contributed by atoms with E-state index in [1.54, 1.807) is 0 Å². The van der Waals surface area contributed by atoms with Crippen molar-refractivity contribution in [1.29, 1.82) is 0 Å². The number of hydrogen-bond donors (Lipinski definition) is 4. The molecule has 34 heavy (non-hydrogen) atoms. The molecule has 8 nitrogen and oxygen atoms in total. The van der Waals surface area contributed by atoms with Crippen LogP contribution in [0.3, 0.4) is 0 Å². The first-order chi connectivity index (χ1) is 16.4. The van der Waals surface area contributed by atoms with Gasteiger partial charge in [0.2, 0.25) is 5.91 Å². The molecule has 1 saturated carbocycles. The average Bonchev–Trinajstić information content (AvgIpc) is 3.43. The molecule has 8 heteroatoms. The lowest BCUT2D eigenvalue weighted by atomic mass is 9.96. The zero-order chi connectivity index (χ0) is 24.1. The lowest BCUT2D eigenvalue weighted by Gasteiger charge is -2.18. The van der Waals surface area contributed by atoms with Crippen LogP contribution in [0.15, 0.2) is 48.5 Å². The maximum atomic E-state index is 12.2. The van der Waals surface area contributed by atoms with Crippen LogP contribution >= 0.6 is 0 Å². The van der Waals surface area contributed by atoms with Gasteiger partial charge in [0.05, 0.1) is 18.4 Å². The Kier molecular flexibility index (Phi) is 7.47. The van der Waals surface area contributed by atoms with Crippen LogP contribution in [0, 0.1) is 11.8 Å². The molecule has 0 aromatic heterocycles. The number of carbonyl (C=O) groups excluding carboxylic acids is 2. The molecule has 1 unspecified atom stereocenters. The highest BCUT2D eigenvalue weighted by Crippen LogP contribution is 2.44. The van der Waals surface area contributed by atoms with Crippen molar-refractivity contribution in [2.24, 2.45) is 11.8 Å². The SMILES string of the molecule is O=C(CC(O)CNC(=O)OCC1c2ccccc2-c2ccccc21)NC[C@H]1CCC[C@H]1C(=O)O. The summed E-state index contributed by atoms with van der Waals surface area (Å²) in [4.78, 5) is 35.6. The summed E-state index contributed by atoms with van der Waals surface area (Å²) >= 11 is 0. The van der Waals surface area contributed by atoms with Gasteiger partial charge in [0.25, 0.3) is 0 Å². The number of carboxylic acid groups (broad SMARTS) is 1. The minimum absolute atomic E-state index is 0.0564.